The Labute approximate surface area is 164 Å². The number of hydrogen-bond donors (Lipinski definition) is 1. The van der Waals surface area contributed by atoms with Gasteiger partial charge in [-0.2, -0.15) is 0 Å². The SMILES string of the molecule is CC12CCCCC1(c1cccc(O)c1)CCN(CCCc1ccccc1)C2. The molecule has 1 aliphatic heterocycles. The molecule has 144 valence electrons. The van der Waals surface area contributed by atoms with Gasteiger partial charge < -0.3 is 10.0 Å². The second-order valence-electron chi connectivity index (χ2n) is 9.02. The van der Waals surface area contributed by atoms with Crippen molar-refractivity contribution in [2.24, 2.45) is 5.41 Å². The van der Waals surface area contributed by atoms with Gasteiger partial charge in [-0.15, -0.1) is 0 Å². The van der Waals surface area contributed by atoms with Crippen molar-refractivity contribution in [2.45, 2.75) is 57.3 Å². The predicted octanol–water partition coefficient (Wildman–Crippen LogP) is 5.55. The fourth-order valence-corrected chi connectivity index (χ4v) is 5.84. The van der Waals surface area contributed by atoms with Gasteiger partial charge in [-0.1, -0.05) is 62.2 Å². The lowest BCUT2D eigenvalue weighted by Gasteiger charge is -2.58. The molecule has 2 heteroatoms. The lowest BCUT2D eigenvalue weighted by atomic mass is 9.51. The number of hydrogen-bond acceptors (Lipinski definition) is 2. The highest BCUT2D eigenvalue weighted by Gasteiger charge is 2.53. The van der Waals surface area contributed by atoms with E-state index in [1.165, 1.54) is 75.7 Å². The smallest absolute Gasteiger partial charge is 0.115 e. The molecule has 0 radical (unpaired) electrons. The maximum atomic E-state index is 10.1. The van der Waals surface area contributed by atoms with E-state index in [2.05, 4.69) is 48.2 Å². The van der Waals surface area contributed by atoms with E-state index in [4.69, 9.17) is 0 Å². The molecule has 27 heavy (non-hydrogen) atoms. The van der Waals surface area contributed by atoms with Gasteiger partial charge in [0.1, 0.15) is 5.75 Å². The molecule has 2 aromatic rings. The van der Waals surface area contributed by atoms with Crippen molar-refractivity contribution in [1.82, 2.24) is 4.90 Å². The minimum atomic E-state index is 0.236. The van der Waals surface area contributed by atoms with Gasteiger partial charge in [0, 0.05) is 12.0 Å². The Morgan fingerprint density at radius 2 is 1.78 bits per heavy atom. The molecule has 2 aromatic carbocycles. The molecule has 2 fully saturated rings. The van der Waals surface area contributed by atoms with Gasteiger partial charge in [0.25, 0.3) is 0 Å². The number of phenolic OH excluding ortho intramolecular Hbond substituents is 1. The zero-order valence-corrected chi connectivity index (χ0v) is 16.7. The number of piperidine rings is 1. The minimum absolute atomic E-state index is 0.236. The van der Waals surface area contributed by atoms with Gasteiger partial charge in [-0.05, 0) is 73.9 Å². The Morgan fingerprint density at radius 1 is 0.963 bits per heavy atom. The van der Waals surface area contributed by atoms with Crippen LogP contribution < -0.4 is 0 Å². The molecular weight excluding hydrogens is 330 g/mol. The normalized spacial score (nSPS) is 28.6. The third-order valence-corrected chi connectivity index (χ3v) is 7.35. The summed E-state index contributed by atoms with van der Waals surface area (Å²) in [7, 11) is 0. The minimum Gasteiger partial charge on any atom is -0.508 e. The molecule has 4 rings (SSSR count). The zero-order chi connectivity index (χ0) is 18.7. The molecule has 2 unspecified atom stereocenters. The monoisotopic (exact) mass is 363 g/mol. The topological polar surface area (TPSA) is 23.5 Å². The molecule has 0 amide bonds. The first-order chi connectivity index (χ1) is 13.1. The second-order valence-corrected chi connectivity index (χ2v) is 9.02. The number of fused-ring (bicyclic) bond motifs is 1. The van der Waals surface area contributed by atoms with Crippen molar-refractivity contribution in [3.8, 4) is 5.75 Å². The van der Waals surface area contributed by atoms with Crippen LogP contribution in [0.15, 0.2) is 54.6 Å². The average molecular weight is 364 g/mol. The van der Waals surface area contributed by atoms with Crippen LogP contribution in [0.1, 0.15) is 56.6 Å². The number of rotatable bonds is 5. The Morgan fingerprint density at radius 3 is 2.59 bits per heavy atom. The average Bonchev–Trinajstić information content (AvgIpc) is 2.68. The van der Waals surface area contributed by atoms with Crippen molar-refractivity contribution < 1.29 is 5.11 Å². The molecular formula is C25H33NO. The number of nitrogens with zero attached hydrogens (tertiary/aromatic N) is 1. The molecule has 0 aromatic heterocycles. The molecule has 1 saturated heterocycles. The fraction of sp³-hybridized carbons (Fsp3) is 0.520. The van der Waals surface area contributed by atoms with Crippen LogP contribution in [0.5, 0.6) is 5.75 Å². The van der Waals surface area contributed by atoms with E-state index in [1.807, 2.05) is 12.1 Å². The zero-order valence-electron chi connectivity index (χ0n) is 16.7. The van der Waals surface area contributed by atoms with Crippen molar-refractivity contribution >= 4 is 0 Å². The Bertz CT molecular complexity index is 758. The van der Waals surface area contributed by atoms with Gasteiger partial charge in [0.15, 0.2) is 0 Å². The molecule has 2 atom stereocenters. The Kier molecular flexibility index (Phi) is 5.27. The fourth-order valence-electron chi connectivity index (χ4n) is 5.84. The van der Waals surface area contributed by atoms with Crippen LogP contribution in [0, 0.1) is 5.41 Å². The van der Waals surface area contributed by atoms with Crippen LogP contribution in [0.4, 0.5) is 0 Å². The van der Waals surface area contributed by atoms with Crippen LogP contribution >= 0.6 is 0 Å². The van der Waals surface area contributed by atoms with E-state index in [-0.39, 0.29) is 5.41 Å². The largest absolute Gasteiger partial charge is 0.508 e. The Balaban J connectivity index is 1.46. The number of benzene rings is 2. The highest BCUT2D eigenvalue weighted by molar-refractivity contribution is 5.36. The van der Waals surface area contributed by atoms with E-state index < -0.39 is 0 Å². The van der Waals surface area contributed by atoms with E-state index in [0.717, 1.165) is 0 Å². The molecule has 0 bridgehead atoms. The lowest BCUT2D eigenvalue weighted by Crippen LogP contribution is -2.58. The molecule has 1 heterocycles. The first-order valence-corrected chi connectivity index (χ1v) is 10.7. The van der Waals surface area contributed by atoms with Crippen LogP contribution in [0.25, 0.3) is 0 Å². The first-order valence-electron chi connectivity index (χ1n) is 10.7. The highest BCUT2D eigenvalue weighted by Crippen LogP contribution is 2.56. The van der Waals surface area contributed by atoms with E-state index in [9.17, 15) is 5.11 Å². The summed E-state index contributed by atoms with van der Waals surface area (Å²) in [6.45, 7) is 6.08. The Hall–Kier alpha value is -1.80. The predicted molar refractivity (Wildman–Crippen MR) is 112 cm³/mol. The molecule has 0 spiro atoms. The standard InChI is InChI=1S/C25H33NO/c1-24-14-5-6-15-25(24,22-12-7-13-23(27)19-22)16-18-26(20-24)17-8-11-21-9-3-2-4-10-21/h2-4,7,9-10,12-13,19,27H,5-6,8,11,14-18,20H2,1H3. The van der Waals surface area contributed by atoms with Crippen molar-refractivity contribution in [3.05, 3.63) is 65.7 Å². The van der Waals surface area contributed by atoms with E-state index >= 15 is 0 Å². The molecule has 1 N–H and O–H groups in total. The number of aryl methyl sites for hydroxylation is 1. The highest BCUT2D eigenvalue weighted by atomic mass is 16.3. The first kappa shape index (κ1) is 18.6. The lowest BCUT2D eigenvalue weighted by molar-refractivity contribution is -0.0215. The van der Waals surface area contributed by atoms with Crippen molar-refractivity contribution in [2.75, 3.05) is 19.6 Å². The maximum absolute atomic E-state index is 10.1. The second kappa shape index (κ2) is 7.67. The van der Waals surface area contributed by atoms with Crippen LogP contribution in [0.3, 0.4) is 0 Å². The summed E-state index contributed by atoms with van der Waals surface area (Å²) >= 11 is 0. The van der Waals surface area contributed by atoms with Crippen LogP contribution in [0.2, 0.25) is 0 Å². The quantitative estimate of drug-likeness (QED) is 0.753. The summed E-state index contributed by atoms with van der Waals surface area (Å²) in [6, 6.07) is 19.0. The molecule has 2 nitrogen and oxygen atoms in total. The van der Waals surface area contributed by atoms with Gasteiger partial charge in [0.2, 0.25) is 0 Å². The third-order valence-electron chi connectivity index (χ3n) is 7.35. The van der Waals surface area contributed by atoms with E-state index in [0.29, 0.717) is 11.2 Å². The summed E-state index contributed by atoms with van der Waals surface area (Å²) in [4.78, 5) is 2.70. The summed E-state index contributed by atoms with van der Waals surface area (Å²) < 4.78 is 0. The third kappa shape index (κ3) is 3.65. The van der Waals surface area contributed by atoms with E-state index in [1.54, 1.807) is 6.07 Å². The molecule has 1 aliphatic carbocycles. The molecule has 1 saturated carbocycles. The van der Waals surface area contributed by atoms with Crippen LogP contribution in [-0.4, -0.2) is 29.6 Å². The molecule has 2 aliphatic rings. The summed E-state index contributed by atoms with van der Waals surface area (Å²) in [6.07, 6.45) is 8.86. The van der Waals surface area contributed by atoms with Gasteiger partial charge in [0.05, 0.1) is 0 Å². The van der Waals surface area contributed by atoms with Gasteiger partial charge in [-0.3, -0.25) is 0 Å². The summed E-state index contributed by atoms with van der Waals surface area (Å²) in [5.41, 5.74) is 3.37. The van der Waals surface area contributed by atoms with Gasteiger partial charge in [-0.25, -0.2) is 0 Å². The van der Waals surface area contributed by atoms with Crippen molar-refractivity contribution in [3.63, 3.8) is 0 Å². The van der Waals surface area contributed by atoms with Gasteiger partial charge >= 0.3 is 0 Å². The van der Waals surface area contributed by atoms with Crippen LogP contribution in [-0.2, 0) is 11.8 Å². The van der Waals surface area contributed by atoms with Crippen molar-refractivity contribution in [1.29, 1.82) is 0 Å². The summed E-state index contributed by atoms with van der Waals surface area (Å²) in [5.74, 6) is 0.417. The maximum Gasteiger partial charge on any atom is 0.115 e. The summed E-state index contributed by atoms with van der Waals surface area (Å²) in [5, 5.41) is 10.1. The number of likely N-dealkylation sites (tertiary alicyclic amines) is 1. The number of phenols is 1. The number of aromatic hydroxyl groups is 1.